The number of nitrogens with two attached hydrogens (primary N) is 1. The van der Waals surface area contributed by atoms with E-state index in [2.05, 4.69) is 21.7 Å². The van der Waals surface area contributed by atoms with Gasteiger partial charge in [0.05, 0.1) is 7.11 Å². The third kappa shape index (κ3) is 2.88. The topological polar surface area (TPSA) is 56.0 Å². The highest BCUT2D eigenvalue weighted by atomic mass is 32.2. The van der Waals surface area contributed by atoms with E-state index in [4.69, 9.17) is 22.7 Å². The largest absolute Gasteiger partial charge is 0.497 e. The second-order valence-corrected chi connectivity index (χ2v) is 6.58. The average molecular weight is 321 g/mol. The van der Waals surface area contributed by atoms with Gasteiger partial charge in [-0.3, -0.25) is 0 Å². The number of thioether (sulfide) groups is 1. The van der Waals surface area contributed by atoms with Crippen molar-refractivity contribution in [2.75, 3.05) is 19.4 Å². The molecule has 1 aliphatic rings. The molecule has 1 aromatic carbocycles. The molecular formula is C15H19N3OS2. The predicted octanol–water partition coefficient (Wildman–Crippen LogP) is 2.94. The van der Waals surface area contributed by atoms with Crippen molar-refractivity contribution < 1.29 is 4.74 Å². The van der Waals surface area contributed by atoms with Crippen LogP contribution in [-0.4, -0.2) is 29.0 Å². The molecule has 0 bridgehead atoms. The summed E-state index contributed by atoms with van der Waals surface area (Å²) in [7, 11) is 1.71. The lowest BCUT2D eigenvalue weighted by Gasteiger charge is -2.27. The van der Waals surface area contributed by atoms with Crippen LogP contribution in [0.2, 0.25) is 0 Å². The fraction of sp³-hybridized carbons (Fsp3) is 0.400. The van der Waals surface area contributed by atoms with Gasteiger partial charge >= 0.3 is 0 Å². The number of hydrogen-bond donors (Lipinski definition) is 2. The maximum absolute atomic E-state index is 5.70. The summed E-state index contributed by atoms with van der Waals surface area (Å²) in [6.07, 6.45) is 3.81. The molecule has 0 aliphatic carbocycles. The van der Waals surface area contributed by atoms with Gasteiger partial charge in [-0.05, 0) is 48.9 Å². The third-order valence-corrected chi connectivity index (χ3v) is 5.39. The fourth-order valence-electron chi connectivity index (χ4n) is 2.80. The zero-order valence-corrected chi connectivity index (χ0v) is 13.6. The van der Waals surface area contributed by atoms with Crippen LogP contribution in [0.25, 0.3) is 0 Å². The van der Waals surface area contributed by atoms with Gasteiger partial charge in [-0.15, -0.1) is 11.8 Å². The average Bonchev–Trinajstić information content (AvgIpc) is 2.87. The number of nitrogens with one attached hydrogen (secondary N) is 1. The lowest BCUT2D eigenvalue weighted by molar-refractivity contribution is 0.413. The van der Waals surface area contributed by atoms with E-state index in [0.717, 1.165) is 29.1 Å². The van der Waals surface area contributed by atoms with Crippen LogP contribution in [-0.2, 0) is 12.8 Å². The molecule has 0 amide bonds. The van der Waals surface area contributed by atoms with Crippen LogP contribution < -0.4 is 10.5 Å². The summed E-state index contributed by atoms with van der Waals surface area (Å²) in [6.45, 7) is 0.636. The Hall–Kier alpha value is -1.24. The molecule has 0 fully saturated rings. The summed E-state index contributed by atoms with van der Waals surface area (Å²) in [5.74, 6) is 1.94. The zero-order chi connectivity index (χ0) is 14.8. The Morgan fingerprint density at radius 3 is 3.14 bits per heavy atom. The molecule has 2 heterocycles. The molecule has 3 rings (SSSR count). The molecular weight excluding hydrogens is 302 g/mol. The highest BCUT2D eigenvalue weighted by molar-refractivity contribution is 7.99. The van der Waals surface area contributed by atoms with E-state index in [9.17, 15) is 0 Å². The van der Waals surface area contributed by atoms with Gasteiger partial charge in [0.2, 0.25) is 0 Å². The fourth-order valence-corrected chi connectivity index (χ4v) is 4.26. The monoisotopic (exact) mass is 321 g/mol. The maximum Gasteiger partial charge on any atom is 0.177 e. The molecule has 1 atom stereocenters. The van der Waals surface area contributed by atoms with Gasteiger partial charge in [0.15, 0.2) is 4.77 Å². The Bertz CT molecular complexity index is 692. The van der Waals surface area contributed by atoms with Crippen molar-refractivity contribution in [3.63, 3.8) is 0 Å². The molecule has 21 heavy (non-hydrogen) atoms. The van der Waals surface area contributed by atoms with Crippen molar-refractivity contribution >= 4 is 24.0 Å². The van der Waals surface area contributed by atoms with Gasteiger partial charge in [0.1, 0.15) is 5.75 Å². The lowest BCUT2D eigenvalue weighted by Crippen LogP contribution is -2.21. The van der Waals surface area contributed by atoms with Crippen molar-refractivity contribution in [3.05, 3.63) is 40.4 Å². The lowest BCUT2D eigenvalue weighted by atomic mass is 10.1. The molecule has 112 valence electrons. The van der Waals surface area contributed by atoms with Crippen LogP contribution in [0, 0.1) is 4.77 Å². The second-order valence-electron chi connectivity index (χ2n) is 5.14. The van der Waals surface area contributed by atoms with E-state index in [1.807, 2.05) is 24.0 Å². The van der Waals surface area contributed by atoms with Gasteiger partial charge in [-0.1, -0.05) is 0 Å². The van der Waals surface area contributed by atoms with E-state index >= 15 is 0 Å². The molecule has 6 heteroatoms. The molecule has 1 aliphatic heterocycles. The number of imidazole rings is 1. The molecule has 0 saturated heterocycles. The quantitative estimate of drug-likeness (QED) is 0.850. The molecule has 0 saturated carbocycles. The first-order valence-corrected chi connectivity index (χ1v) is 8.41. The summed E-state index contributed by atoms with van der Waals surface area (Å²) < 4.78 is 8.35. The summed E-state index contributed by atoms with van der Waals surface area (Å²) in [6, 6.07) is 6.67. The van der Waals surface area contributed by atoms with E-state index in [0.29, 0.717) is 12.6 Å². The smallest absolute Gasteiger partial charge is 0.177 e. The Morgan fingerprint density at radius 1 is 1.52 bits per heavy atom. The predicted molar refractivity (Wildman–Crippen MR) is 88.8 cm³/mol. The van der Waals surface area contributed by atoms with Gasteiger partial charge < -0.3 is 20.0 Å². The van der Waals surface area contributed by atoms with E-state index in [1.165, 1.54) is 16.2 Å². The number of H-pyrrole nitrogens is 1. The SMILES string of the molecule is COc1ccc2c(c1)CC(n1c(CCN)c[nH]c1=S)CS2. The van der Waals surface area contributed by atoms with Crippen molar-refractivity contribution in [2.45, 2.75) is 23.8 Å². The number of aromatic nitrogens is 2. The van der Waals surface area contributed by atoms with Crippen LogP contribution in [0.3, 0.4) is 0 Å². The number of hydrogen-bond acceptors (Lipinski definition) is 4. The minimum absolute atomic E-state index is 0.370. The first-order valence-electron chi connectivity index (χ1n) is 7.01. The van der Waals surface area contributed by atoms with E-state index in [-0.39, 0.29) is 0 Å². The van der Waals surface area contributed by atoms with Crippen LogP contribution >= 0.6 is 24.0 Å². The normalized spacial score (nSPS) is 17.5. The van der Waals surface area contributed by atoms with Crippen LogP contribution in [0.5, 0.6) is 5.75 Å². The van der Waals surface area contributed by atoms with Gasteiger partial charge in [0, 0.05) is 35.0 Å². The van der Waals surface area contributed by atoms with Crippen molar-refractivity contribution in [2.24, 2.45) is 5.73 Å². The van der Waals surface area contributed by atoms with Crippen molar-refractivity contribution in [1.29, 1.82) is 0 Å². The minimum atomic E-state index is 0.370. The number of fused-ring (bicyclic) bond motifs is 1. The van der Waals surface area contributed by atoms with Crippen LogP contribution in [0.15, 0.2) is 29.3 Å². The molecule has 0 spiro atoms. The van der Waals surface area contributed by atoms with Crippen molar-refractivity contribution in [1.82, 2.24) is 9.55 Å². The Labute approximate surface area is 133 Å². The molecule has 3 N–H and O–H groups in total. The maximum atomic E-state index is 5.70. The number of nitrogens with zero attached hydrogens (tertiary/aromatic N) is 1. The third-order valence-electron chi connectivity index (χ3n) is 3.81. The highest BCUT2D eigenvalue weighted by Crippen LogP contribution is 2.37. The molecule has 4 nitrogen and oxygen atoms in total. The van der Waals surface area contributed by atoms with E-state index < -0.39 is 0 Å². The number of rotatable bonds is 4. The Morgan fingerprint density at radius 2 is 2.38 bits per heavy atom. The molecule has 0 radical (unpaired) electrons. The van der Waals surface area contributed by atoms with Gasteiger partial charge in [-0.2, -0.15) is 0 Å². The summed E-state index contributed by atoms with van der Waals surface area (Å²) in [4.78, 5) is 4.50. The van der Waals surface area contributed by atoms with Crippen LogP contribution in [0.4, 0.5) is 0 Å². The summed E-state index contributed by atoms with van der Waals surface area (Å²) in [5, 5.41) is 0. The second kappa shape index (κ2) is 6.25. The zero-order valence-electron chi connectivity index (χ0n) is 12.0. The number of methoxy groups -OCH3 is 1. The first-order chi connectivity index (χ1) is 10.2. The molecule has 2 aromatic rings. The summed E-state index contributed by atoms with van der Waals surface area (Å²) in [5.41, 5.74) is 8.22. The number of ether oxygens (including phenoxy) is 1. The first kappa shape index (κ1) is 14.7. The van der Waals surface area contributed by atoms with Gasteiger partial charge in [0.25, 0.3) is 0 Å². The standard InChI is InChI=1S/C15H19N3OS2/c1-19-13-2-3-14-10(7-13)6-12(9-21-14)18-11(4-5-16)8-17-15(18)20/h2-3,7-8,12H,4-6,9,16H2,1H3,(H,17,20). The van der Waals surface area contributed by atoms with Crippen LogP contribution in [0.1, 0.15) is 17.3 Å². The van der Waals surface area contributed by atoms with Gasteiger partial charge in [-0.25, -0.2) is 0 Å². The number of benzene rings is 1. The molecule has 1 unspecified atom stereocenters. The van der Waals surface area contributed by atoms with Crippen molar-refractivity contribution in [3.8, 4) is 5.75 Å². The highest BCUT2D eigenvalue weighted by Gasteiger charge is 2.23. The number of aromatic amines is 1. The molecule has 1 aromatic heterocycles. The summed E-state index contributed by atoms with van der Waals surface area (Å²) >= 11 is 7.33. The Kier molecular flexibility index (Phi) is 4.37. The Balaban J connectivity index is 1.92. The van der Waals surface area contributed by atoms with E-state index in [1.54, 1.807) is 7.11 Å². The minimum Gasteiger partial charge on any atom is -0.497 e.